The predicted octanol–water partition coefficient (Wildman–Crippen LogP) is 3.72. The highest BCUT2D eigenvalue weighted by molar-refractivity contribution is 5.98. The molecule has 1 aliphatic heterocycles. The topological polar surface area (TPSA) is 58.2 Å². The first-order valence-corrected chi connectivity index (χ1v) is 6.02. The van der Waals surface area contributed by atoms with Crippen molar-refractivity contribution in [3.8, 4) is 0 Å². The number of anilines is 1. The molecule has 2 rings (SSSR count). The maximum Gasteiger partial charge on any atom is 0.412 e. The van der Waals surface area contributed by atoms with Crippen LogP contribution in [0.4, 0.5) is 24.5 Å². The second-order valence-corrected chi connectivity index (χ2v) is 4.86. The molecule has 0 bridgehead atoms. The Morgan fingerprint density at radius 1 is 1.43 bits per heavy atom. The molecule has 5 nitrogen and oxygen atoms in total. The molecule has 1 N–H and O–H groups in total. The van der Waals surface area contributed by atoms with E-state index in [2.05, 4.69) is 20.4 Å². The molecule has 2 unspecified atom stereocenters. The van der Waals surface area contributed by atoms with E-state index in [4.69, 9.17) is 6.57 Å². The van der Waals surface area contributed by atoms with Gasteiger partial charge in [0.25, 0.3) is 5.91 Å². The zero-order valence-electron chi connectivity index (χ0n) is 11.0. The van der Waals surface area contributed by atoms with Gasteiger partial charge in [0.2, 0.25) is 0 Å². The highest BCUT2D eigenvalue weighted by Gasteiger charge is 2.51. The second kappa shape index (κ2) is 5.16. The molecule has 1 aromatic carbocycles. The van der Waals surface area contributed by atoms with Gasteiger partial charge in [0.1, 0.15) is 0 Å². The van der Waals surface area contributed by atoms with E-state index in [1.165, 1.54) is 31.2 Å². The lowest BCUT2D eigenvalue weighted by Gasteiger charge is -2.20. The smallest absolute Gasteiger partial charge is 0.324 e. The van der Waals surface area contributed by atoms with E-state index < -0.39 is 30.1 Å². The second-order valence-electron chi connectivity index (χ2n) is 4.86. The number of benzene rings is 1. The van der Waals surface area contributed by atoms with Gasteiger partial charge < -0.3 is 5.32 Å². The minimum Gasteiger partial charge on any atom is -0.324 e. The van der Waals surface area contributed by atoms with Crippen LogP contribution < -0.4 is 5.32 Å². The Hall–Kier alpha value is -2.43. The van der Waals surface area contributed by atoms with Crippen LogP contribution in [0, 0.1) is 6.57 Å². The summed E-state index contributed by atoms with van der Waals surface area (Å²) in [7, 11) is 0. The Bertz CT molecular complexity index is 618. The highest BCUT2D eigenvalue weighted by atomic mass is 19.4. The average molecular weight is 296 g/mol. The fourth-order valence-electron chi connectivity index (χ4n) is 1.86. The molecule has 2 atom stereocenters. The third-order valence-corrected chi connectivity index (χ3v) is 3.13. The molecule has 0 saturated heterocycles. The molecule has 110 valence electrons. The average Bonchev–Trinajstić information content (AvgIpc) is 2.84. The quantitative estimate of drug-likeness (QED) is 0.831. The standard InChI is InChI=1S/C13H11F3N4O/c1-12(7-10(19-20-12)13(14,15)16)11(21)18-9-5-3-8(17-2)4-6-9/h3-6,10H,7H2,1H3,(H,18,21). The summed E-state index contributed by atoms with van der Waals surface area (Å²) in [5, 5.41) is 9.12. The van der Waals surface area contributed by atoms with Gasteiger partial charge >= 0.3 is 6.18 Å². The molecule has 0 aromatic heterocycles. The number of carbonyl (C=O) groups is 1. The van der Waals surface area contributed by atoms with E-state index in [-0.39, 0.29) is 0 Å². The number of halogens is 3. The van der Waals surface area contributed by atoms with Crippen LogP contribution in [0.2, 0.25) is 0 Å². The monoisotopic (exact) mass is 296 g/mol. The Labute approximate surface area is 118 Å². The van der Waals surface area contributed by atoms with Gasteiger partial charge in [0.05, 0.1) is 6.57 Å². The molecule has 1 aromatic rings. The molecule has 21 heavy (non-hydrogen) atoms. The summed E-state index contributed by atoms with van der Waals surface area (Å²) in [6.07, 6.45) is -5.01. The lowest BCUT2D eigenvalue weighted by atomic mass is 9.94. The van der Waals surface area contributed by atoms with Gasteiger partial charge in [0.15, 0.2) is 17.3 Å². The lowest BCUT2D eigenvalue weighted by Crippen LogP contribution is -2.40. The molecule has 8 heteroatoms. The van der Waals surface area contributed by atoms with Crippen LogP contribution in [-0.4, -0.2) is 23.7 Å². The third-order valence-electron chi connectivity index (χ3n) is 3.13. The Morgan fingerprint density at radius 2 is 2.05 bits per heavy atom. The van der Waals surface area contributed by atoms with Crippen molar-refractivity contribution < 1.29 is 18.0 Å². The number of alkyl halides is 3. The zero-order chi connectivity index (χ0) is 15.7. The number of hydrogen-bond acceptors (Lipinski definition) is 3. The number of carbonyl (C=O) groups excluding carboxylic acids is 1. The molecule has 0 aliphatic carbocycles. The Morgan fingerprint density at radius 3 is 2.52 bits per heavy atom. The number of hydrogen-bond donors (Lipinski definition) is 1. The van der Waals surface area contributed by atoms with E-state index in [9.17, 15) is 18.0 Å². The van der Waals surface area contributed by atoms with Crippen LogP contribution in [-0.2, 0) is 4.79 Å². The molecule has 1 heterocycles. The molecule has 0 fully saturated rings. The third kappa shape index (κ3) is 3.18. The summed E-state index contributed by atoms with van der Waals surface area (Å²) < 4.78 is 37.7. The molecular formula is C13H11F3N4O. The van der Waals surface area contributed by atoms with Crippen molar-refractivity contribution in [2.75, 3.05) is 5.32 Å². The van der Waals surface area contributed by atoms with Gasteiger partial charge in [-0.3, -0.25) is 4.79 Å². The fraction of sp³-hybridized carbons (Fsp3) is 0.385. The number of nitrogens with one attached hydrogen (secondary N) is 1. The first kappa shape index (κ1) is 15.0. The van der Waals surface area contributed by atoms with Crippen molar-refractivity contribution in [2.24, 2.45) is 10.2 Å². The van der Waals surface area contributed by atoms with Gasteiger partial charge in [-0.1, -0.05) is 12.1 Å². The van der Waals surface area contributed by atoms with Gasteiger partial charge in [-0.2, -0.15) is 23.4 Å². The van der Waals surface area contributed by atoms with Crippen LogP contribution in [0.1, 0.15) is 13.3 Å². The molecule has 0 radical (unpaired) electrons. The number of rotatable bonds is 2. The molecule has 1 aliphatic rings. The highest BCUT2D eigenvalue weighted by Crippen LogP contribution is 2.37. The van der Waals surface area contributed by atoms with E-state index in [1.807, 2.05) is 0 Å². The molecule has 0 saturated carbocycles. The lowest BCUT2D eigenvalue weighted by molar-refractivity contribution is -0.148. The molecular weight excluding hydrogens is 285 g/mol. The largest absolute Gasteiger partial charge is 0.412 e. The van der Waals surface area contributed by atoms with Gasteiger partial charge in [-0.05, 0) is 19.1 Å². The zero-order valence-corrected chi connectivity index (χ0v) is 11.0. The first-order valence-electron chi connectivity index (χ1n) is 6.02. The van der Waals surface area contributed by atoms with E-state index in [0.29, 0.717) is 11.4 Å². The Kier molecular flexibility index (Phi) is 3.68. The summed E-state index contributed by atoms with van der Waals surface area (Å²) in [4.78, 5) is 15.3. The predicted molar refractivity (Wildman–Crippen MR) is 69.1 cm³/mol. The van der Waals surface area contributed by atoms with Crippen molar-refractivity contribution in [2.45, 2.75) is 31.1 Å². The van der Waals surface area contributed by atoms with Gasteiger partial charge in [0, 0.05) is 12.1 Å². The summed E-state index contributed by atoms with van der Waals surface area (Å²) >= 11 is 0. The van der Waals surface area contributed by atoms with Crippen molar-refractivity contribution in [1.29, 1.82) is 0 Å². The maximum atomic E-state index is 12.6. The summed E-state index contributed by atoms with van der Waals surface area (Å²) in [5.41, 5.74) is -0.755. The van der Waals surface area contributed by atoms with E-state index in [0.717, 1.165) is 0 Å². The molecule has 1 amide bonds. The minimum atomic E-state index is -4.50. The maximum absolute atomic E-state index is 12.6. The van der Waals surface area contributed by atoms with Crippen LogP contribution in [0.25, 0.3) is 4.85 Å². The van der Waals surface area contributed by atoms with Crippen molar-refractivity contribution >= 4 is 17.3 Å². The number of azo groups is 1. The van der Waals surface area contributed by atoms with Crippen LogP contribution >= 0.6 is 0 Å². The molecule has 0 spiro atoms. The normalized spacial score (nSPS) is 24.6. The van der Waals surface area contributed by atoms with Crippen molar-refractivity contribution in [3.63, 3.8) is 0 Å². The van der Waals surface area contributed by atoms with Crippen LogP contribution in [0.15, 0.2) is 34.5 Å². The fourth-order valence-corrected chi connectivity index (χ4v) is 1.86. The van der Waals surface area contributed by atoms with Crippen molar-refractivity contribution in [1.82, 2.24) is 0 Å². The van der Waals surface area contributed by atoms with Gasteiger partial charge in [-0.15, -0.1) is 0 Å². The van der Waals surface area contributed by atoms with E-state index in [1.54, 1.807) is 0 Å². The SMILES string of the molecule is [C-]#[N+]c1ccc(NC(=O)C2(C)CC(C(F)(F)F)N=N2)cc1. The van der Waals surface area contributed by atoms with Crippen LogP contribution in [0.5, 0.6) is 0 Å². The van der Waals surface area contributed by atoms with Crippen LogP contribution in [0.3, 0.4) is 0 Å². The van der Waals surface area contributed by atoms with Crippen molar-refractivity contribution in [3.05, 3.63) is 35.7 Å². The summed E-state index contributed by atoms with van der Waals surface area (Å²) in [5.74, 6) is -0.659. The number of amides is 1. The van der Waals surface area contributed by atoms with E-state index >= 15 is 0 Å². The first-order chi connectivity index (χ1) is 9.74. The number of nitrogens with zero attached hydrogens (tertiary/aromatic N) is 3. The minimum absolute atomic E-state index is 0.388. The summed E-state index contributed by atoms with van der Waals surface area (Å²) in [6, 6.07) is 4.06. The van der Waals surface area contributed by atoms with Gasteiger partial charge in [-0.25, -0.2) is 4.85 Å². The summed E-state index contributed by atoms with van der Waals surface area (Å²) in [6.45, 7) is 8.12. The Balaban J connectivity index is 2.07.